The van der Waals surface area contributed by atoms with E-state index in [9.17, 15) is 14.7 Å². The van der Waals surface area contributed by atoms with Gasteiger partial charge in [-0.25, -0.2) is 4.79 Å². The molecule has 2 fully saturated rings. The van der Waals surface area contributed by atoms with E-state index < -0.39 is 6.10 Å². The van der Waals surface area contributed by atoms with Gasteiger partial charge in [-0.05, 0) is 46.0 Å². The fraction of sp³-hybridized carbons (Fsp3) is 0.737. The van der Waals surface area contributed by atoms with Crippen LogP contribution in [0.3, 0.4) is 0 Å². The lowest BCUT2D eigenvalue weighted by Gasteiger charge is -2.36. The number of hydrogen-bond acceptors (Lipinski definition) is 6. The van der Waals surface area contributed by atoms with Crippen molar-refractivity contribution in [3.63, 3.8) is 0 Å². The van der Waals surface area contributed by atoms with Crippen LogP contribution < -0.4 is 16.0 Å². The minimum absolute atomic E-state index is 0.0393. The quantitative estimate of drug-likeness (QED) is 0.557. The van der Waals surface area contributed by atoms with Gasteiger partial charge in [0.2, 0.25) is 5.91 Å². The van der Waals surface area contributed by atoms with Crippen molar-refractivity contribution in [2.24, 2.45) is 5.92 Å². The van der Waals surface area contributed by atoms with Gasteiger partial charge < -0.3 is 30.3 Å². The van der Waals surface area contributed by atoms with E-state index in [0.717, 1.165) is 25.7 Å². The van der Waals surface area contributed by atoms with Gasteiger partial charge in [0.15, 0.2) is 5.76 Å². The van der Waals surface area contributed by atoms with Crippen LogP contribution in [-0.2, 0) is 9.53 Å². The highest BCUT2D eigenvalue weighted by Gasteiger charge is 2.32. The second-order valence-corrected chi connectivity index (χ2v) is 7.67. The van der Waals surface area contributed by atoms with Gasteiger partial charge in [0.25, 0.3) is 0 Å². The molecule has 0 spiro atoms. The summed E-state index contributed by atoms with van der Waals surface area (Å²) in [6.45, 7) is 3.87. The molecule has 2 aliphatic rings. The van der Waals surface area contributed by atoms with Crippen molar-refractivity contribution in [3.05, 3.63) is 11.5 Å². The molecule has 2 heterocycles. The molecule has 9 heteroatoms. The van der Waals surface area contributed by atoms with Gasteiger partial charge in [-0.1, -0.05) is 11.6 Å². The number of nitrogens with zero attached hydrogens (tertiary/aromatic N) is 1. The Bertz CT molecular complexity index is 668. The molecule has 4 N–H and O–H groups in total. The van der Waals surface area contributed by atoms with Crippen molar-refractivity contribution in [1.82, 2.24) is 15.8 Å². The van der Waals surface area contributed by atoms with Gasteiger partial charge in [-0.3, -0.25) is 4.79 Å². The van der Waals surface area contributed by atoms with Crippen LogP contribution in [0.2, 0.25) is 0 Å². The van der Waals surface area contributed by atoms with Crippen molar-refractivity contribution in [3.8, 4) is 0 Å². The Morgan fingerprint density at radius 1 is 1.21 bits per heavy atom. The first kappa shape index (κ1) is 20.6. The van der Waals surface area contributed by atoms with E-state index >= 15 is 0 Å². The number of urea groups is 1. The van der Waals surface area contributed by atoms with Crippen LogP contribution in [-0.4, -0.2) is 53.6 Å². The lowest BCUT2D eigenvalue weighted by molar-refractivity contribution is -0.127. The minimum Gasteiger partial charge on any atom is -0.394 e. The Kier molecular flexibility index (Phi) is 6.90. The first-order valence-corrected chi connectivity index (χ1v) is 10.0. The van der Waals surface area contributed by atoms with Crippen molar-refractivity contribution in [2.45, 2.75) is 70.6 Å². The van der Waals surface area contributed by atoms with E-state index in [0.29, 0.717) is 36.5 Å². The SMILES string of the molecule is Cc1noc(C)c1NC(=O)N[C@H]1CC[C@H](CCNC(=O)C2CCC2)O[C@H]1CO. The number of rotatable bonds is 7. The molecule has 9 nitrogen and oxygen atoms in total. The van der Waals surface area contributed by atoms with E-state index in [1.54, 1.807) is 13.8 Å². The van der Waals surface area contributed by atoms with Crippen molar-refractivity contribution < 1.29 is 24.0 Å². The highest BCUT2D eigenvalue weighted by atomic mass is 16.5. The summed E-state index contributed by atoms with van der Waals surface area (Å²) in [5, 5.41) is 22.0. The van der Waals surface area contributed by atoms with Crippen molar-refractivity contribution in [1.29, 1.82) is 0 Å². The van der Waals surface area contributed by atoms with Crippen LogP contribution in [0, 0.1) is 19.8 Å². The lowest BCUT2D eigenvalue weighted by atomic mass is 9.85. The van der Waals surface area contributed by atoms with E-state index in [-0.39, 0.29) is 36.6 Å². The number of hydrogen-bond donors (Lipinski definition) is 4. The van der Waals surface area contributed by atoms with Gasteiger partial charge in [-0.2, -0.15) is 0 Å². The predicted molar refractivity (Wildman–Crippen MR) is 102 cm³/mol. The Hall–Kier alpha value is -2.13. The topological polar surface area (TPSA) is 126 Å². The summed E-state index contributed by atoms with van der Waals surface area (Å²) in [5.41, 5.74) is 1.16. The van der Waals surface area contributed by atoms with Crippen LogP contribution in [0.4, 0.5) is 10.5 Å². The van der Waals surface area contributed by atoms with Crippen LogP contribution in [0.1, 0.15) is 50.0 Å². The molecule has 0 bridgehead atoms. The van der Waals surface area contributed by atoms with Crippen LogP contribution in [0.25, 0.3) is 0 Å². The summed E-state index contributed by atoms with van der Waals surface area (Å²) in [5.74, 6) is 0.855. The fourth-order valence-electron chi connectivity index (χ4n) is 3.66. The number of ether oxygens (including phenoxy) is 1. The molecule has 3 atom stereocenters. The molecule has 1 aliphatic heterocycles. The van der Waals surface area contributed by atoms with E-state index in [1.807, 2.05) is 0 Å². The molecule has 28 heavy (non-hydrogen) atoms. The van der Waals surface area contributed by atoms with Crippen LogP contribution in [0.5, 0.6) is 0 Å². The second kappa shape index (κ2) is 9.38. The summed E-state index contributed by atoms with van der Waals surface area (Å²) >= 11 is 0. The molecular formula is C19H30N4O5. The maximum atomic E-state index is 12.3. The highest BCUT2D eigenvalue weighted by molar-refractivity contribution is 5.90. The van der Waals surface area contributed by atoms with Gasteiger partial charge in [0.1, 0.15) is 17.5 Å². The second-order valence-electron chi connectivity index (χ2n) is 7.67. The van der Waals surface area contributed by atoms with E-state index in [4.69, 9.17) is 9.26 Å². The Balaban J connectivity index is 1.42. The molecule has 1 saturated carbocycles. The molecule has 0 aromatic carbocycles. The first-order chi connectivity index (χ1) is 13.5. The summed E-state index contributed by atoms with van der Waals surface area (Å²) in [4.78, 5) is 24.2. The molecule has 1 aromatic rings. The molecular weight excluding hydrogens is 364 g/mol. The fourth-order valence-corrected chi connectivity index (χ4v) is 3.66. The van der Waals surface area contributed by atoms with Crippen molar-refractivity contribution in [2.75, 3.05) is 18.5 Å². The van der Waals surface area contributed by atoms with Gasteiger partial charge in [0.05, 0.1) is 18.8 Å². The lowest BCUT2D eigenvalue weighted by Crippen LogP contribution is -2.52. The van der Waals surface area contributed by atoms with Gasteiger partial charge in [0, 0.05) is 12.5 Å². The zero-order valence-electron chi connectivity index (χ0n) is 16.5. The standard InChI is InChI=1S/C19H30N4O5/c1-11-17(12(2)28-23-11)22-19(26)21-15-7-6-14(27-16(15)10-24)8-9-20-18(25)13-4-3-5-13/h13-16,24H,3-10H2,1-2H3,(H,20,25)(H2,21,22,26)/t14-,15+,16+/m1/s1. The third kappa shape index (κ3) is 5.02. The van der Waals surface area contributed by atoms with Crippen LogP contribution in [0.15, 0.2) is 4.52 Å². The van der Waals surface area contributed by atoms with Crippen molar-refractivity contribution >= 4 is 17.6 Å². The number of amides is 3. The zero-order valence-corrected chi connectivity index (χ0v) is 16.5. The third-order valence-electron chi connectivity index (χ3n) is 5.63. The summed E-state index contributed by atoms with van der Waals surface area (Å²) < 4.78 is 11.0. The monoisotopic (exact) mass is 394 g/mol. The van der Waals surface area contributed by atoms with E-state index in [2.05, 4.69) is 21.1 Å². The van der Waals surface area contributed by atoms with Crippen LogP contribution >= 0.6 is 0 Å². The summed E-state index contributed by atoms with van der Waals surface area (Å²) in [6.07, 6.45) is 4.75. The van der Waals surface area contributed by atoms with Gasteiger partial charge >= 0.3 is 6.03 Å². The molecule has 1 aliphatic carbocycles. The largest absolute Gasteiger partial charge is 0.394 e. The first-order valence-electron chi connectivity index (χ1n) is 10.0. The zero-order chi connectivity index (χ0) is 20.1. The number of carbonyl (C=O) groups excluding carboxylic acids is 2. The Labute approximate surface area is 164 Å². The molecule has 3 amide bonds. The van der Waals surface area contributed by atoms with Gasteiger partial charge in [-0.15, -0.1) is 0 Å². The number of aliphatic hydroxyl groups is 1. The number of aromatic nitrogens is 1. The number of carbonyl (C=O) groups is 2. The minimum atomic E-state index is -0.475. The summed E-state index contributed by atoms with van der Waals surface area (Å²) in [6, 6.07) is -0.668. The molecule has 3 rings (SSSR count). The predicted octanol–water partition coefficient (Wildman–Crippen LogP) is 1.63. The Morgan fingerprint density at radius 2 is 2.00 bits per heavy atom. The van der Waals surface area contributed by atoms with E-state index in [1.165, 1.54) is 0 Å². The number of aliphatic hydroxyl groups excluding tert-OH is 1. The maximum absolute atomic E-state index is 12.3. The highest BCUT2D eigenvalue weighted by Crippen LogP contribution is 2.26. The number of nitrogens with one attached hydrogen (secondary N) is 3. The number of anilines is 1. The average molecular weight is 394 g/mol. The maximum Gasteiger partial charge on any atom is 0.319 e. The number of aryl methyl sites for hydroxylation is 2. The molecule has 0 unspecified atom stereocenters. The third-order valence-corrected chi connectivity index (χ3v) is 5.63. The smallest absolute Gasteiger partial charge is 0.319 e. The molecule has 156 valence electrons. The molecule has 1 saturated heterocycles. The molecule has 0 radical (unpaired) electrons. The Morgan fingerprint density at radius 3 is 2.61 bits per heavy atom. The summed E-state index contributed by atoms with van der Waals surface area (Å²) in [7, 11) is 0. The molecule has 1 aromatic heterocycles. The normalized spacial score (nSPS) is 25.0. The average Bonchev–Trinajstić information content (AvgIpc) is 2.93.